The number of hydrogen-bond acceptors (Lipinski definition) is 3. The van der Waals surface area contributed by atoms with E-state index >= 15 is 0 Å². The number of aromatic nitrogens is 2. The first-order valence-corrected chi connectivity index (χ1v) is 5.97. The van der Waals surface area contributed by atoms with Crippen molar-refractivity contribution in [3.05, 3.63) is 43.0 Å². The summed E-state index contributed by atoms with van der Waals surface area (Å²) in [6, 6.07) is 6.33. The molecule has 1 heterocycles. The Labute approximate surface area is 118 Å². The fourth-order valence-electron chi connectivity index (χ4n) is 1.55. The van der Waals surface area contributed by atoms with Gasteiger partial charge in [0.15, 0.2) is 5.54 Å². The van der Waals surface area contributed by atoms with Crippen molar-refractivity contribution in [2.75, 3.05) is 5.32 Å². The number of alkyl halides is 3. The van der Waals surface area contributed by atoms with E-state index in [0.717, 1.165) is 0 Å². The van der Waals surface area contributed by atoms with Crippen LogP contribution in [0.15, 0.2) is 43.0 Å². The van der Waals surface area contributed by atoms with Crippen molar-refractivity contribution in [3.8, 4) is 5.69 Å². The van der Waals surface area contributed by atoms with Crippen molar-refractivity contribution < 1.29 is 18.0 Å². The maximum absolute atomic E-state index is 12.7. The van der Waals surface area contributed by atoms with Gasteiger partial charge in [-0.15, -0.1) is 0 Å². The predicted octanol–water partition coefficient (Wildman–Crippen LogP) is 2.09. The number of carbonyl (C=O) groups excluding carboxylic acids is 1. The van der Waals surface area contributed by atoms with Crippen LogP contribution in [0.5, 0.6) is 0 Å². The van der Waals surface area contributed by atoms with E-state index in [1.807, 2.05) is 0 Å². The molecule has 1 amide bonds. The first-order chi connectivity index (χ1) is 9.72. The lowest BCUT2D eigenvalue weighted by Crippen LogP contribution is -2.59. The predicted molar refractivity (Wildman–Crippen MR) is 70.8 cm³/mol. The highest BCUT2D eigenvalue weighted by atomic mass is 19.4. The zero-order valence-electron chi connectivity index (χ0n) is 11.1. The van der Waals surface area contributed by atoms with Gasteiger partial charge >= 0.3 is 6.18 Å². The summed E-state index contributed by atoms with van der Waals surface area (Å²) in [6.07, 6.45) is -0.0711. The molecular formula is C13H13F3N4O. The number of nitrogens with one attached hydrogen (secondary N) is 1. The quantitative estimate of drug-likeness (QED) is 0.911. The molecule has 1 aromatic heterocycles. The van der Waals surface area contributed by atoms with Gasteiger partial charge in [0.05, 0.1) is 6.33 Å². The molecule has 2 aromatic rings. The lowest BCUT2D eigenvalue weighted by Gasteiger charge is -2.26. The Morgan fingerprint density at radius 2 is 2.10 bits per heavy atom. The maximum Gasteiger partial charge on any atom is 0.415 e. The second kappa shape index (κ2) is 5.21. The molecule has 2 rings (SSSR count). The molecule has 1 aromatic carbocycles. The van der Waals surface area contributed by atoms with Crippen molar-refractivity contribution in [3.63, 3.8) is 0 Å². The molecule has 0 radical (unpaired) electrons. The van der Waals surface area contributed by atoms with E-state index in [1.165, 1.54) is 18.5 Å². The molecule has 0 saturated carbocycles. The van der Waals surface area contributed by atoms with Crippen molar-refractivity contribution in [1.29, 1.82) is 0 Å². The number of carbonyl (C=O) groups is 1. The van der Waals surface area contributed by atoms with Gasteiger partial charge in [-0.05, 0) is 25.1 Å². The normalized spacial score (nSPS) is 14.5. The van der Waals surface area contributed by atoms with E-state index in [-0.39, 0.29) is 5.69 Å². The summed E-state index contributed by atoms with van der Waals surface area (Å²) in [4.78, 5) is 15.6. The Bertz CT molecular complexity index is 635. The van der Waals surface area contributed by atoms with Crippen LogP contribution < -0.4 is 11.1 Å². The molecule has 5 nitrogen and oxygen atoms in total. The number of nitrogens with zero attached hydrogens (tertiary/aromatic N) is 2. The zero-order chi connectivity index (χ0) is 15.7. The van der Waals surface area contributed by atoms with Gasteiger partial charge in [0.1, 0.15) is 0 Å². The topological polar surface area (TPSA) is 72.9 Å². The summed E-state index contributed by atoms with van der Waals surface area (Å²) in [5.41, 5.74) is 2.97. The number of anilines is 1. The van der Waals surface area contributed by atoms with Gasteiger partial charge in [0.2, 0.25) is 0 Å². The third-order valence-electron chi connectivity index (χ3n) is 2.97. The molecule has 0 spiro atoms. The minimum atomic E-state index is -4.83. The average Bonchev–Trinajstić information content (AvgIpc) is 2.91. The van der Waals surface area contributed by atoms with Crippen LogP contribution in [0.25, 0.3) is 5.69 Å². The summed E-state index contributed by atoms with van der Waals surface area (Å²) in [6.45, 7) is 0.627. The molecule has 3 N–H and O–H groups in total. The van der Waals surface area contributed by atoms with Gasteiger partial charge < -0.3 is 15.6 Å². The minimum Gasteiger partial charge on any atom is -0.324 e. The largest absolute Gasteiger partial charge is 0.415 e. The van der Waals surface area contributed by atoms with Crippen LogP contribution in [-0.2, 0) is 4.79 Å². The summed E-state index contributed by atoms with van der Waals surface area (Å²) in [7, 11) is 0. The van der Waals surface area contributed by atoms with Crippen LogP contribution in [0.3, 0.4) is 0 Å². The second-order valence-corrected chi connectivity index (χ2v) is 4.67. The van der Waals surface area contributed by atoms with Crippen LogP contribution >= 0.6 is 0 Å². The summed E-state index contributed by atoms with van der Waals surface area (Å²) in [5, 5.41) is 2.17. The maximum atomic E-state index is 12.7. The number of halogens is 3. The monoisotopic (exact) mass is 298 g/mol. The van der Waals surface area contributed by atoms with E-state index in [2.05, 4.69) is 10.3 Å². The smallest absolute Gasteiger partial charge is 0.324 e. The number of hydrogen-bond donors (Lipinski definition) is 2. The minimum absolute atomic E-state index is 0.215. The van der Waals surface area contributed by atoms with Crippen molar-refractivity contribution in [2.45, 2.75) is 18.6 Å². The molecule has 112 valence electrons. The van der Waals surface area contributed by atoms with Crippen LogP contribution in [0.1, 0.15) is 6.92 Å². The van der Waals surface area contributed by atoms with Gasteiger partial charge in [-0.1, -0.05) is 6.07 Å². The van der Waals surface area contributed by atoms with E-state index in [9.17, 15) is 18.0 Å². The summed E-state index contributed by atoms with van der Waals surface area (Å²) in [5.74, 6) is -1.32. The number of imidazole rings is 1. The fourth-order valence-corrected chi connectivity index (χ4v) is 1.55. The van der Waals surface area contributed by atoms with Crippen molar-refractivity contribution in [2.24, 2.45) is 5.73 Å². The molecule has 1 atom stereocenters. The highest BCUT2D eigenvalue weighted by molar-refractivity contribution is 5.98. The van der Waals surface area contributed by atoms with E-state index < -0.39 is 17.6 Å². The van der Waals surface area contributed by atoms with Gasteiger partial charge in [-0.2, -0.15) is 13.2 Å². The summed E-state index contributed by atoms with van der Waals surface area (Å²) >= 11 is 0. The molecular weight excluding hydrogens is 285 g/mol. The molecule has 0 fully saturated rings. The Balaban J connectivity index is 2.21. The van der Waals surface area contributed by atoms with Crippen LogP contribution in [-0.4, -0.2) is 27.2 Å². The third-order valence-corrected chi connectivity index (χ3v) is 2.97. The second-order valence-electron chi connectivity index (χ2n) is 4.67. The third kappa shape index (κ3) is 3.05. The average molecular weight is 298 g/mol. The van der Waals surface area contributed by atoms with E-state index in [0.29, 0.717) is 12.6 Å². The lowest BCUT2D eigenvalue weighted by atomic mass is 10.0. The highest BCUT2D eigenvalue weighted by Crippen LogP contribution is 2.29. The first-order valence-electron chi connectivity index (χ1n) is 5.97. The molecule has 0 aliphatic rings. The Morgan fingerprint density at radius 3 is 2.67 bits per heavy atom. The van der Waals surface area contributed by atoms with Crippen molar-refractivity contribution >= 4 is 11.6 Å². The van der Waals surface area contributed by atoms with E-state index in [1.54, 1.807) is 29.1 Å². The number of benzene rings is 1. The fraction of sp³-hybridized carbons (Fsp3) is 0.231. The highest BCUT2D eigenvalue weighted by Gasteiger charge is 2.53. The van der Waals surface area contributed by atoms with Crippen LogP contribution in [0, 0.1) is 0 Å². The molecule has 0 aliphatic carbocycles. The van der Waals surface area contributed by atoms with Gasteiger partial charge in [-0.25, -0.2) is 4.98 Å². The molecule has 0 aliphatic heterocycles. The van der Waals surface area contributed by atoms with Crippen molar-refractivity contribution in [1.82, 2.24) is 9.55 Å². The molecule has 21 heavy (non-hydrogen) atoms. The Morgan fingerprint density at radius 1 is 1.38 bits per heavy atom. The van der Waals surface area contributed by atoms with Gasteiger partial charge in [-0.3, -0.25) is 4.79 Å². The molecule has 0 saturated heterocycles. The Kier molecular flexibility index (Phi) is 3.73. The number of amides is 1. The lowest BCUT2D eigenvalue weighted by molar-refractivity contribution is -0.184. The molecule has 8 heteroatoms. The molecule has 0 bridgehead atoms. The standard InChI is InChI=1S/C13H13F3N4O/c1-12(17,13(14,15)16)11(21)19-9-3-2-4-10(7-9)20-6-5-18-8-20/h2-8H,17H2,1H3,(H,19,21). The van der Waals surface area contributed by atoms with E-state index in [4.69, 9.17) is 5.73 Å². The Hall–Kier alpha value is -2.35. The number of rotatable bonds is 3. The van der Waals surface area contributed by atoms with Crippen LogP contribution in [0.4, 0.5) is 18.9 Å². The number of nitrogens with two attached hydrogens (primary N) is 1. The van der Waals surface area contributed by atoms with Crippen LogP contribution in [0.2, 0.25) is 0 Å². The first kappa shape index (κ1) is 15.0. The van der Waals surface area contributed by atoms with Gasteiger partial charge in [0, 0.05) is 23.8 Å². The van der Waals surface area contributed by atoms with Gasteiger partial charge in [0.25, 0.3) is 5.91 Å². The molecule has 1 unspecified atom stereocenters. The zero-order valence-corrected chi connectivity index (χ0v) is 11.1. The summed E-state index contributed by atoms with van der Waals surface area (Å²) < 4.78 is 39.7. The SMILES string of the molecule is CC(N)(C(=O)Nc1cccc(-n2ccnc2)c1)C(F)(F)F.